The molecule has 0 aromatic heterocycles. The molecule has 0 bridgehead atoms. The van der Waals surface area contributed by atoms with Crippen molar-refractivity contribution >= 4 is 23.1 Å². The Kier molecular flexibility index (Phi) is 6.84. The lowest BCUT2D eigenvalue weighted by atomic mass is 9.90. The molecule has 2 aromatic rings. The monoisotopic (exact) mass is 424 g/mol. The number of aliphatic hydroxyl groups is 1. The van der Waals surface area contributed by atoms with E-state index in [0.29, 0.717) is 24.1 Å². The number of ketones is 1. The highest BCUT2D eigenvalue weighted by molar-refractivity contribution is 6.11. The lowest BCUT2D eigenvalue weighted by molar-refractivity contribution is -0.385. The smallest absolute Gasteiger partial charge is 0.276 e. The molecular weight excluding hydrogens is 400 g/mol. The van der Waals surface area contributed by atoms with Gasteiger partial charge in [0.15, 0.2) is 5.78 Å². The van der Waals surface area contributed by atoms with Gasteiger partial charge in [0, 0.05) is 24.7 Å². The van der Waals surface area contributed by atoms with E-state index < -0.39 is 10.7 Å². The number of para-hydroxylation sites is 1. The van der Waals surface area contributed by atoms with Gasteiger partial charge in [-0.3, -0.25) is 14.9 Å². The second-order valence-electron chi connectivity index (χ2n) is 7.25. The number of nitro groups is 1. The van der Waals surface area contributed by atoms with Crippen LogP contribution in [0.1, 0.15) is 33.5 Å². The number of nitrogens with zero attached hydrogens (tertiary/aromatic N) is 2. The van der Waals surface area contributed by atoms with Gasteiger partial charge in [0.2, 0.25) is 0 Å². The van der Waals surface area contributed by atoms with Crippen LogP contribution >= 0.6 is 0 Å². The Morgan fingerprint density at radius 2 is 2.10 bits per heavy atom. The molecule has 31 heavy (non-hydrogen) atoms. The second-order valence-corrected chi connectivity index (χ2v) is 7.25. The summed E-state index contributed by atoms with van der Waals surface area (Å²) in [5.74, 6) is -0.709. The number of rotatable bonds is 7. The molecular formula is C23H24N2O6. The summed E-state index contributed by atoms with van der Waals surface area (Å²) >= 11 is 0. The summed E-state index contributed by atoms with van der Waals surface area (Å²) in [4.78, 5) is 25.8. The molecule has 0 atom stereocenters. The maximum Gasteiger partial charge on any atom is 0.276 e. The van der Waals surface area contributed by atoms with Crippen molar-refractivity contribution in [3.05, 3.63) is 74.9 Å². The average Bonchev–Trinajstić information content (AvgIpc) is 2.77. The number of carbonyl (C=O) groups excluding carboxylic acids is 1. The van der Waals surface area contributed by atoms with Crippen LogP contribution in [0.25, 0.3) is 11.6 Å². The number of nitro benzene ring substituents is 1. The Labute approximate surface area is 179 Å². The number of hydrogen-bond donors (Lipinski definition) is 2. The summed E-state index contributed by atoms with van der Waals surface area (Å²) in [5, 5.41) is 32.1. The summed E-state index contributed by atoms with van der Waals surface area (Å²) in [7, 11) is 3.35. The van der Waals surface area contributed by atoms with E-state index in [-0.39, 0.29) is 34.9 Å². The first kappa shape index (κ1) is 22.2. The summed E-state index contributed by atoms with van der Waals surface area (Å²) in [6.07, 6.45) is 5.13. The number of hydrogen-bond acceptors (Lipinski definition) is 7. The Balaban J connectivity index is 2.07. The number of methoxy groups -OCH3 is 1. The Hall–Kier alpha value is -3.49. The van der Waals surface area contributed by atoms with Crippen LogP contribution in [0.4, 0.5) is 5.69 Å². The molecule has 8 heteroatoms. The molecule has 0 unspecified atom stereocenters. The Bertz CT molecular complexity index is 1070. The topological polar surface area (TPSA) is 113 Å². The molecule has 0 aliphatic carbocycles. The lowest BCUT2D eigenvalue weighted by Gasteiger charge is -2.25. The number of phenols is 1. The molecule has 2 N–H and O–H groups in total. The van der Waals surface area contributed by atoms with Crippen molar-refractivity contribution in [1.29, 1.82) is 0 Å². The number of allylic oxidation sites excluding steroid dienone is 1. The third-order valence-corrected chi connectivity index (χ3v) is 5.26. The zero-order valence-electron chi connectivity index (χ0n) is 17.4. The van der Waals surface area contributed by atoms with Gasteiger partial charge in [-0.1, -0.05) is 18.2 Å². The molecule has 0 saturated carbocycles. The highest BCUT2D eigenvalue weighted by Crippen LogP contribution is 2.40. The molecule has 3 rings (SSSR count). The summed E-state index contributed by atoms with van der Waals surface area (Å²) in [6, 6.07) is 7.60. The summed E-state index contributed by atoms with van der Waals surface area (Å²) < 4.78 is 5.30. The van der Waals surface area contributed by atoms with Gasteiger partial charge in [0.1, 0.15) is 17.1 Å². The first-order valence-electron chi connectivity index (χ1n) is 9.74. The maximum absolute atomic E-state index is 13.0. The van der Waals surface area contributed by atoms with E-state index >= 15 is 0 Å². The fourth-order valence-corrected chi connectivity index (χ4v) is 3.62. The van der Waals surface area contributed by atoms with E-state index in [2.05, 4.69) is 4.90 Å². The largest absolute Gasteiger partial charge is 0.506 e. The minimum Gasteiger partial charge on any atom is -0.506 e. The van der Waals surface area contributed by atoms with Gasteiger partial charge in [0.25, 0.3) is 5.69 Å². The van der Waals surface area contributed by atoms with Crippen LogP contribution < -0.4 is 4.74 Å². The number of carbonyl (C=O) groups is 1. The Morgan fingerprint density at radius 1 is 1.35 bits per heavy atom. The van der Waals surface area contributed by atoms with E-state index in [1.807, 2.05) is 13.1 Å². The Morgan fingerprint density at radius 3 is 2.71 bits per heavy atom. The van der Waals surface area contributed by atoms with E-state index in [0.717, 1.165) is 12.1 Å². The van der Waals surface area contributed by atoms with Crippen LogP contribution in [-0.2, 0) is 6.61 Å². The zero-order valence-corrected chi connectivity index (χ0v) is 17.4. The van der Waals surface area contributed by atoms with Crippen molar-refractivity contribution in [1.82, 2.24) is 4.90 Å². The summed E-state index contributed by atoms with van der Waals surface area (Å²) in [6.45, 7) is 1.14. The minimum absolute atomic E-state index is 0.0515. The average molecular weight is 424 g/mol. The molecule has 1 aliphatic heterocycles. The predicted octanol–water partition coefficient (Wildman–Crippen LogP) is 3.42. The molecule has 2 aromatic carbocycles. The second kappa shape index (κ2) is 9.55. The molecule has 1 heterocycles. The van der Waals surface area contributed by atoms with E-state index in [9.17, 15) is 25.1 Å². The highest BCUT2D eigenvalue weighted by atomic mass is 16.6. The zero-order chi connectivity index (χ0) is 22.5. The van der Waals surface area contributed by atoms with Gasteiger partial charge in [-0.05, 0) is 48.9 Å². The summed E-state index contributed by atoms with van der Waals surface area (Å²) in [5.41, 5.74) is 1.83. The van der Waals surface area contributed by atoms with Crippen LogP contribution in [0.3, 0.4) is 0 Å². The fraction of sp³-hybridized carbons (Fsp3) is 0.261. The van der Waals surface area contributed by atoms with Crippen LogP contribution in [0.15, 0.2) is 42.5 Å². The van der Waals surface area contributed by atoms with Crippen LogP contribution in [0.2, 0.25) is 0 Å². The predicted molar refractivity (Wildman–Crippen MR) is 117 cm³/mol. The first-order valence-corrected chi connectivity index (χ1v) is 9.74. The van der Waals surface area contributed by atoms with Crippen molar-refractivity contribution in [2.75, 3.05) is 27.2 Å². The third kappa shape index (κ3) is 4.65. The van der Waals surface area contributed by atoms with Gasteiger partial charge >= 0.3 is 0 Å². The number of aromatic hydroxyl groups is 1. The van der Waals surface area contributed by atoms with Crippen molar-refractivity contribution in [2.24, 2.45) is 0 Å². The molecule has 8 nitrogen and oxygen atoms in total. The van der Waals surface area contributed by atoms with E-state index in [1.165, 1.54) is 31.4 Å². The van der Waals surface area contributed by atoms with Gasteiger partial charge in [-0.25, -0.2) is 0 Å². The number of phenolic OH excluding ortho intramolecular Hbond substituents is 1. The maximum atomic E-state index is 13.0. The van der Waals surface area contributed by atoms with Gasteiger partial charge in [-0.15, -0.1) is 0 Å². The molecule has 0 radical (unpaired) electrons. The van der Waals surface area contributed by atoms with Crippen molar-refractivity contribution in [3.63, 3.8) is 0 Å². The quantitative estimate of drug-likeness (QED) is 0.303. The number of benzene rings is 2. The number of likely N-dealkylation sites (N-methyl/N-ethyl adjacent to an activating group) is 1. The fourth-order valence-electron chi connectivity index (χ4n) is 3.62. The normalized spacial score (nSPS) is 14.5. The van der Waals surface area contributed by atoms with Crippen molar-refractivity contribution in [2.45, 2.75) is 13.0 Å². The van der Waals surface area contributed by atoms with Crippen LogP contribution in [0.5, 0.6) is 11.5 Å². The standard InChI is InChI=1S/C23H24N2O6/c1-24-11-9-16(10-12-24)21-17(14-26)13-20(31-2)22(23(21)28)19(27)8-7-15-5-3-4-6-18(15)25(29)30/h3-9,13,26,28H,10-12,14H2,1-2H3. The van der Waals surface area contributed by atoms with Gasteiger partial charge < -0.3 is 19.8 Å². The molecule has 162 valence electrons. The van der Waals surface area contributed by atoms with Crippen LogP contribution in [-0.4, -0.2) is 53.1 Å². The highest BCUT2D eigenvalue weighted by Gasteiger charge is 2.25. The van der Waals surface area contributed by atoms with E-state index in [1.54, 1.807) is 18.2 Å². The molecule has 0 saturated heterocycles. The molecule has 0 amide bonds. The SMILES string of the molecule is COc1cc(CO)c(C2=CCN(C)CC2)c(O)c1C(=O)C=Cc1ccccc1[N+](=O)[O-]. The van der Waals surface area contributed by atoms with Gasteiger partial charge in [0.05, 0.1) is 24.2 Å². The van der Waals surface area contributed by atoms with Crippen molar-refractivity contribution in [3.8, 4) is 11.5 Å². The lowest BCUT2D eigenvalue weighted by Crippen LogP contribution is -2.24. The van der Waals surface area contributed by atoms with Gasteiger partial charge in [-0.2, -0.15) is 0 Å². The number of aliphatic hydroxyl groups excluding tert-OH is 1. The minimum atomic E-state index is -0.563. The molecule has 0 fully saturated rings. The van der Waals surface area contributed by atoms with Crippen molar-refractivity contribution < 1.29 is 24.7 Å². The molecule has 0 spiro atoms. The van der Waals surface area contributed by atoms with Crippen LogP contribution in [0, 0.1) is 10.1 Å². The first-order chi connectivity index (χ1) is 14.9. The molecule has 1 aliphatic rings. The van der Waals surface area contributed by atoms with E-state index in [4.69, 9.17) is 4.74 Å². The number of ether oxygens (including phenoxy) is 1. The third-order valence-electron chi connectivity index (χ3n) is 5.26.